The lowest BCUT2D eigenvalue weighted by atomic mass is 10.2. The summed E-state index contributed by atoms with van der Waals surface area (Å²) >= 11 is 0. The fraction of sp³-hybridized carbons (Fsp3) is 0.300. The highest BCUT2D eigenvalue weighted by Crippen LogP contribution is 2.16. The summed E-state index contributed by atoms with van der Waals surface area (Å²) in [6, 6.07) is 12.3. The number of carbonyl (C=O) groups is 2. The highest BCUT2D eigenvalue weighted by molar-refractivity contribution is 5.96. The van der Waals surface area contributed by atoms with Gasteiger partial charge in [0.25, 0.3) is 0 Å². The Balaban J connectivity index is 1.94. The summed E-state index contributed by atoms with van der Waals surface area (Å²) in [4.78, 5) is 26.4. The Morgan fingerprint density at radius 1 is 1.11 bits per heavy atom. The molecule has 0 saturated carbocycles. The number of halogens is 1. The number of nitrogens with one attached hydrogen (secondary N) is 2. The Kier molecular flexibility index (Phi) is 7.31. The summed E-state index contributed by atoms with van der Waals surface area (Å²) < 4.78 is 18.8. The molecule has 0 fully saturated rings. The molecule has 0 bridgehead atoms. The quantitative estimate of drug-likeness (QED) is 0.746. The van der Waals surface area contributed by atoms with Crippen molar-refractivity contribution in [1.29, 1.82) is 0 Å². The van der Waals surface area contributed by atoms with Crippen molar-refractivity contribution in [3.8, 4) is 5.75 Å². The predicted molar refractivity (Wildman–Crippen MR) is 103 cm³/mol. The number of para-hydroxylation sites is 1. The van der Waals surface area contributed by atoms with Crippen molar-refractivity contribution in [2.75, 3.05) is 30.8 Å². The van der Waals surface area contributed by atoms with Crippen molar-refractivity contribution in [3.63, 3.8) is 0 Å². The van der Waals surface area contributed by atoms with Crippen molar-refractivity contribution in [3.05, 3.63) is 54.3 Å². The number of ether oxygens (including phenoxy) is 1. The Morgan fingerprint density at radius 2 is 1.78 bits per heavy atom. The van der Waals surface area contributed by atoms with Gasteiger partial charge in [0.05, 0.1) is 25.4 Å². The van der Waals surface area contributed by atoms with Crippen LogP contribution in [0.2, 0.25) is 0 Å². The number of anilines is 2. The van der Waals surface area contributed by atoms with Crippen LogP contribution < -0.4 is 15.4 Å². The van der Waals surface area contributed by atoms with Crippen LogP contribution in [0.5, 0.6) is 5.75 Å². The van der Waals surface area contributed by atoms with Gasteiger partial charge in [0, 0.05) is 5.69 Å². The maximum atomic E-state index is 13.7. The molecule has 0 radical (unpaired) electrons. The zero-order valence-corrected chi connectivity index (χ0v) is 15.7. The standard InChI is InChI=1S/C20H24FN3O3/c1-4-24(13-19(25)22-15-9-11-16(27-3)12-10-15)14(2)20(26)23-18-8-6-5-7-17(18)21/h5-12,14H,4,13H2,1-3H3,(H,22,25)(H,23,26)/t14-/m0/s1. The van der Waals surface area contributed by atoms with E-state index in [1.807, 2.05) is 6.92 Å². The molecule has 0 aliphatic rings. The number of hydrogen-bond donors (Lipinski definition) is 2. The molecule has 0 heterocycles. The summed E-state index contributed by atoms with van der Waals surface area (Å²) in [6.07, 6.45) is 0. The number of carbonyl (C=O) groups excluding carboxylic acids is 2. The molecule has 2 aromatic rings. The van der Waals surface area contributed by atoms with Crippen LogP contribution in [0.1, 0.15) is 13.8 Å². The first-order valence-corrected chi connectivity index (χ1v) is 8.68. The second-order valence-electron chi connectivity index (χ2n) is 5.98. The minimum Gasteiger partial charge on any atom is -0.497 e. The van der Waals surface area contributed by atoms with E-state index in [9.17, 15) is 14.0 Å². The van der Waals surface area contributed by atoms with E-state index in [0.29, 0.717) is 18.0 Å². The largest absolute Gasteiger partial charge is 0.497 e. The molecule has 2 rings (SSSR count). The molecule has 0 aromatic heterocycles. The van der Waals surface area contributed by atoms with Crippen molar-refractivity contribution in [1.82, 2.24) is 4.90 Å². The average molecular weight is 373 g/mol. The second kappa shape index (κ2) is 9.68. The van der Waals surface area contributed by atoms with E-state index >= 15 is 0 Å². The Labute approximate surface area is 158 Å². The third kappa shape index (κ3) is 5.79. The molecule has 1 atom stereocenters. The van der Waals surface area contributed by atoms with Gasteiger partial charge in [-0.05, 0) is 49.9 Å². The van der Waals surface area contributed by atoms with Gasteiger partial charge in [-0.15, -0.1) is 0 Å². The van der Waals surface area contributed by atoms with Crippen molar-refractivity contribution in [2.45, 2.75) is 19.9 Å². The molecular weight excluding hydrogens is 349 g/mol. The van der Waals surface area contributed by atoms with Crippen LogP contribution in [0.25, 0.3) is 0 Å². The van der Waals surface area contributed by atoms with Gasteiger partial charge in [0.2, 0.25) is 11.8 Å². The highest BCUT2D eigenvalue weighted by Gasteiger charge is 2.23. The minimum atomic E-state index is -0.601. The van der Waals surface area contributed by atoms with E-state index < -0.39 is 11.9 Å². The van der Waals surface area contributed by atoms with Gasteiger partial charge in [-0.2, -0.15) is 0 Å². The fourth-order valence-electron chi connectivity index (χ4n) is 2.55. The van der Waals surface area contributed by atoms with E-state index in [1.165, 1.54) is 12.1 Å². The SMILES string of the molecule is CCN(CC(=O)Nc1ccc(OC)cc1)[C@@H](C)C(=O)Nc1ccccc1F. The topological polar surface area (TPSA) is 70.7 Å². The first-order valence-electron chi connectivity index (χ1n) is 8.68. The van der Waals surface area contributed by atoms with E-state index in [2.05, 4.69) is 10.6 Å². The summed E-state index contributed by atoms with van der Waals surface area (Å²) in [5, 5.41) is 5.34. The molecule has 144 valence electrons. The lowest BCUT2D eigenvalue weighted by Gasteiger charge is -2.26. The number of rotatable bonds is 8. The van der Waals surface area contributed by atoms with Crippen molar-refractivity contribution in [2.24, 2.45) is 0 Å². The van der Waals surface area contributed by atoms with Crippen LogP contribution in [0.3, 0.4) is 0 Å². The number of hydrogen-bond acceptors (Lipinski definition) is 4. The van der Waals surface area contributed by atoms with E-state index in [0.717, 1.165) is 0 Å². The van der Waals surface area contributed by atoms with Gasteiger partial charge in [-0.3, -0.25) is 14.5 Å². The predicted octanol–water partition coefficient (Wildman–Crippen LogP) is 3.12. The van der Waals surface area contributed by atoms with Gasteiger partial charge in [-0.25, -0.2) is 4.39 Å². The van der Waals surface area contributed by atoms with Crippen LogP contribution in [0.4, 0.5) is 15.8 Å². The molecule has 2 aromatic carbocycles. The molecule has 0 unspecified atom stereocenters. The lowest BCUT2D eigenvalue weighted by Crippen LogP contribution is -2.45. The summed E-state index contributed by atoms with van der Waals surface area (Å²) in [5.74, 6) is -0.424. The van der Waals surface area contributed by atoms with Crippen molar-refractivity contribution < 1.29 is 18.7 Å². The van der Waals surface area contributed by atoms with Crippen LogP contribution in [0, 0.1) is 5.82 Å². The van der Waals surface area contributed by atoms with E-state index in [1.54, 1.807) is 55.3 Å². The molecule has 0 aliphatic carbocycles. The van der Waals surface area contributed by atoms with Gasteiger partial charge >= 0.3 is 0 Å². The number of nitrogens with zero attached hydrogens (tertiary/aromatic N) is 1. The molecule has 2 N–H and O–H groups in total. The Bertz CT molecular complexity index is 780. The molecule has 0 aliphatic heterocycles. The van der Waals surface area contributed by atoms with Gasteiger partial charge in [0.1, 0.15) is 11.6 Å². The zero-order valence-electron chi connectivity index (χ0n) is 15.7. The molecule has 27 heavy (non-hydrogen) atoms. The number of likely N-dealkylation sites (N-methyl/N-ethyl adjacent to an activating group) is 1. The third-order valence-electron chi connectivity index (χ3n) is 4.19. The normalized spacial score (nSPS) is 11.7. The van der Waals surface area contributed by atoms with Crippen molar-refractivity contribution >= 4 is 23.2 Å². The van der Waals surface area contributed by atoms with Gasteiger partial charge < -0.3 is 15.4 Å². The molecule has 7 heteroatoms. The maximum Gasteiger partial charge on any atom is 0.241 e. The van der Waals surface area contributed by atoms with Crippen LogP contribution >= 0.6 is 0 Å². The number of methoxy groups -OCH3 is 1. The number of amides is 2. The smallest absolute Gasteiger partial charge is 0.241 e. The summed E-state index contributed by atoms with van der Waals surface area (Å²) in [7, 11) is 1.57. The molecule has 6 nitrogen and oxygen atoms in total. The first-order chi connectivity index (χ1) is 12.9. The monoisotopic (exact) mass is 373 g/mol. The Hall–Kier alpha value is -2.93. The summed E-state index contributed by atoms with van der Waals surface area (Å²) in [6.45, 7) is 4.06. The highest BCUT2D eigenvalue weighted by atomic mass is 19.1. The lowest BCUT2D eigenvalue weighted by molar-refractivity contribution is -0.123. The van der Waals surface area contributed by atoms with Gasteiger partial charge in [0.15, 0.2) is 0 Å². The van der Waals surface area contributed by atoms with Crippen LogP contribution in [-0.4, -0.2) is 43.0 Å². The Morgan fingerprint density at radius 3 is 2.37 bits per heavy atom. The molecule has 0 spiro atoms. The van der Waals surface area contributed by atoms with E-state index in [-0.39, 0.29) is 24.0 Å². The average Bonchev–Trinajstić information content (AvgIpc) is 2.68. The minimum absolute atomic E-state index is 0.0361. The number of benzene rings is 2. The fourth-order valence-corrected chi connectivity index (χ4v) is 2.55. The summed E-state index contributed by atoms with van der Waals surface area (Å²) in [5.41, 5.74) is 0.758. The van der Waals surface area contributed by atoms with E-state index in [4.69, 9.17) is 4.74 Å². The molecule has 0 saturated heterocycles. The second-order valence-corrected chi connectivity index (χ2v) is 5.98. The first kappa shape index (κ1) is 20.4. The van der Waals surface area contributed by atoms with Crippen LogP contribution in [-0.2, 0) is 9.59 Å². The third-order valence-corrected chi connectivity index (χ3v) is 4.19. The van der Waals surface area contributed by atoms with Crippen LogP contribution in [0.15, 0.2) is 48.5 Å². The zero-order chi connectivity index (χ0) is 19.8. The maximum absolute atomic E-state index is 13.7. The van der Waals surface area contributed by atoms with Gasteiger partial charge in [-0.1, -0.05) is 19.1 Å². The molecule has 2 amide bonds. The molecular formula is C20H24FN3O3.